The van der Waals surface area contributed by atoms with Crippen LogP contribution < -0.4 is 10.6 Å². The number of carbonyl (C=O) groups is 2. The second-order valence-electron chi connectivity index (χ2n) is 5.10. The van der Waals surface area contributed by atoms with E-state index in [9.17, 15) is 9.59 Å². The first-order valence-corrected chi connectivity index (χ1v) is 7.71. The molecule has 1 fully saturated rings. The molecule has 0 unspecified atom stereocenters. The lowest BCUT2D eigenvalue weighted by molar-refractivity contribution is -0.138. The average molecular weight is 307 g/mol. The molecule has 2 N–H and O–H groups in total. The molecule has 0 aromatic heterocycles. The van der Waals surface area contributed by atoms with Crippen molar-refractivity contribution in [2.24, 2.45) is 0 Å². The molecule has 0 radical (unpaired) electrons. The van der Waals surface area contributed by atoms with E-state index in [1.165, 1.54) is 6.92 Å². The van der Waals surface area contributed by atoms with Crippen LogP contribution in [0.25, 0.3) is 0 Å². The van der Waals surface area contributed by atoms with Gasteiger partial charge in [0.1, 0.15) is 6.04 Å². The number of hydrogen-bond donors (Lipinski definition) is 3. The lowest BCUT2D eigenvalue weighted by atomic mass is 10.0. The minimum Gasteiger partial charge on any atom is -0.344 e. The van der Waals surface area contributed by atoms with Gasteiger partial charge < -0.3 is 15.5 Å². The van der Waals surface area contributed by atoms with Crippen molar-refractivity contribution >= 4 is 24.4 Å². The van der Waals surface area contributed by atoms with Crippen molar-refractivity contribution in [1.29, 1.82) is 0 Å². The lowest BCUT2D eigenvalue weighted by Crippen LogP contribution is -2.55. The predicted molar refractivity (Wildman–Crippen MR) is 85.2 cm³/mol. The second-order valence-corrected chi connectivity index (χ2v) is 5.46. The van der Waals surface area contributed by atoms with Crippen LogP contribution in [0, 0.1) is 0 Å². The number of benzene rings is 1. The standard InChI is InChI=1S/C15H21N3O2S/c1-11(19)17-13(10-21)15(20)18-8-7-16-9-14(18)12-5-3-2-4-6-12/h2-6,13-14,16,21H,7-10H2,1H3,(H,17,19)/t13-,14-/m0/s1. The lowest BCUT2D eigenvalue weighted by Gasteiger charge is -2.38. The van der Waals surface area contributed by atoms with Crippen molar-refractivity contribution in [1.82, 2.24) is 15.5 Å². The molecule has 2 amide bonds. The number of thiol groups is 1. The maximum Gasteiger partial charge on any atom is 0.246 e. The Balaban J connectivity index is 2.18. The fraction of sp³-hybridized carbons (Fsp3) is 0.467. The Hall–Kier alpha value is -1.53. The summed E-state index contributed by atoms with van der Waals surface area (Å²) < 4.78 is 0. The highest BCUT2D eigenvalue weighted by Gasteiger charge is 2.32. The minimum atomic E-state index is -0.574. The summed E-state index contributed by atoms with van der Waals surface area (Å²) in [6.45, 7) is 3.52. The van der Waals surface area contributed by atoms with Crippen molar-refractivity contribution in [3.63, 3.8) is 0 Å². The Bertz CT molecular complexity index is 495. The molecule has 1 saturated heterocycles. The molecule has 1 aliphatic rings. The molecule has 1 heterocycles. The molecule has 0 bridgehead atoms. The van der Waals surface area contributed by atoms with Crippen LogP contribution in [0.4, 0.5) is 0 Å². The van der Waals surface area contributed by atoms with Gasteiger partial charge in [0.05, 0.1) is 6.04 Å². The van der Waals surface area contributed by atoms with E-state index in [-0.39, 0.29) is 17.9 Å². The molecule has 0 spiro atoms. The number of nitrogens with zero attached hydrogens (tertiary/aromatic N) is 1. The maximum atomic E-state index is 12.7. The number of piperazine rings is 1. The molecule has 1 aromatic carbocycles. The van der Waals surface area contributed by atoms with Gasteiger partial charge in [0.2, 0.25) is 11.8 Å². The fourth-order valence-electron chi connectivity index (χ4n) is 2.57. The van der Waals surface area contributed by atoms with Gasteiger partial charge in [0.15, 0.2) is 0 Å². The normalized spacial score (nSPS) is 19.9. The van der Waals surface area contributed by atoms with E-state index >= 15 is 0 Å². The van der Waals surface area contributed by atoms with Crippen LogP contribution >= 0.6 is 12.6 Å². The van der Waals surface area contributed by atoms with Gasteiger partial charge >= 0.3 is 0 Å². The van der Waals surface area contributed by atoms with E-state index < -0.39 is 6.04 Å². The van der Waals surface area contributed by atoms with Crippen LogP contribution in [0.3, 0.4) is 0 Å². The van der Waals surface area contributed by atoms with Crippen LogP contribution in [0.1, 0.15) is 18.5 Å². The number of nitrogens with one attached hydrogen (secondary N) is 2. The Morgan fingerprint density at radius 1 is 1.43 bits per heavy atom. The van der Waals surface area contributed by atoms with Crippen LogP contribution in [-0.2, 0) is 9.59 Å². The number of carbonyl (C=O) groups excluding carboxylic acids is 2. The quantitative estimate of drug-likeness (QED) is 0.714. The summed E-state index contributed by atoms with van der Waals surface area (Å²) in [6, 6.07) is 9.35. The van der Waals surface area contributed by atoms with Gasteiger partial charge in [-0.2, -0.15) is 12.6 Å². The van der Waals surface area contributed by atoms with Crippen molar-refractivity contribution in [2.45, 2.75) is 19.0 Å². The van der Waals surface area contributed by atoms with Gasteiger partial charge in [0.25, 0.3) is 0 Å². The molecular weight excluding hydrogens is 286 g/mol. The average Bonchev–Trinajstić information content (AvgIpc) is 2.52. The molecule has 2 atom stereocenters. The first kappa shape index (κ1) is 15.9. The molecule has 21 heavy (non-hydrogen) atoms. The van der Waals surface area contributed by atoms with Crippen LogP contribution in [0.5, 0.6) is 0 Å². The summed E-state index contributed by atoms with van der Waals surface area (Å²) in [6.07, 6.45) is 0. The van der Waals surface area contributed by atoms with Crippen molar-refractivity contribution < 1.29 is 9.59 Å². The van der Waals surface area contributed by atoms with Gasteiger partial charge in [-0.3, -0.25) is 9.59 Å². The minimum absolute atomic E-state index is 0.0106. The molecule has 0 saturated carbocycles. The van der Waals surface area contributed by atoms with E-state index in [4.69, 9.17) is 0 Å². The highest BCUT2D eigenvalue weighted by Crippen LogP contribution is 2.22. The molecule has 0 aliphatic carbocycles. The van der Waals surface area contributed by atoms with Crippen LogP contribution in [0.2, 0.25) is 0 Å². The zero-order valence-electron chi connectivity index (χ0n) is 12.1. The fourth-order valence-corrected chi connectivity index (χ4v) is 2.82. The smallest absolute Gasteiger partial charge is 0.246 e. The van der Waals surface area contributed by atoms with Gasteiger partial charge in [-0.1, -0.05) is 30.3 Å². The molecule has 114 valence electrons. The van der Waals surface area contributed by atoms with E-state index in [1.807, 2.05) is 35.2 Å². The van der Waals surface area contributed by atoms with Gasteiger partial charge in [0, 0.05) is 32.3 Å². The van der Waals surface area contributed by atoms with E-state index in [0.29, 0.717) is 12.3 Å². The zero-order chi connectivity index (χ0) is 15.2. The molecule has 1 aromatic rings. The summed E-state index contributed by atoms with van der Waals surface area (Å²) in [7, 11) is 0. The van der Waals surface area contributed by atoms with Crippen LogP contribution in [-0.4, -0.2) is 48.1 Å². The summed E-state index contributed by atoms with van der Waals surface area (Å²) in [5.74, 6) is 0.00785. The van der Waals surface area contributed by atoms with Gasteiger partial charge in [-0.25, -0.2) is 0 Å². The predicted octanol–water partition coefficient (Wildman–Crippen LogP) is 0.594. The summed E-state index contributed by atoms with van der Waals surface area (Å²) in [5.41, 5.74) is 1.10. The van der Waals surface area contributed by atoms with E-state index in [1.54, 1.807) is 0 Å². The maximum absolute atomic E-state index is 12.7. The highest BCUT2D eigenvalue weighted by atomic mass is 32.1. The first-order chi connectivity index (χ1) is 10.1. The number of hydrogen-bond acceptors (Lipinski definition) is 4. The Morgan fingerprint density at radius 2 is 2.14 bits per heavy atom. The molecule has 1 aliphatic heterocycles. The Labute approximate surface area is 130 Å². The third kappa shape index (κ3) is 3.98. The van der Waals surface area contributed by atoms with E-state index in [0.717, 1.165) is 18.7 Å². The highest BCUT2D eigenvalue weighted by molar-refractivity contribution is 7.80. The topological polar surface area (TPSA) is 61.4 Å². The largest absolute Gasteiger partial charge is 0.344 e. The van der Waals surface area contributed by atoms with Gasteiger partial charge in [-0.15, -0.1) is 0 Å². The van der Waals surface area contributed by atoms with Crippen molar-refractivity contribution in [3.05, 3.63) is 35.9 Å². The number of amides is 2. The second kappa shape index (κ2) is 7.47. The molecule has 5 nitrogen and oxygen atoms in total. The molecule has 6 heteroatoms. The SMILES string of the molecule is CC(=O)N[C@@H](CS)C(=O)N1CCNC[C@H]1c1ccccc1. The third-order valence-corrected chi connectivity index (χ3v) is 3.93. The Kier molecular flexibility index (Phi) is 5.64. The zero-order valence-corrected chi connectivity index (χ0v) is 13.0. The Morgan fingerprint density at radius 3 is 2.76 bits per heavy atom. The molecule has 2 rings (SSSR count). The molecular formula is C15H21N3O2S. The number of rotatable bonds is 4. The van der Waals surface area contributed by atoms with Crippen LogP contribution in [0.15, 0.2) is 30.3 Å². The van der Waals surface area contributed by atoms with E-state index in [2.05, 4.69) is 23.3 Å². The first-order valence-electron chi connectivity index (χ1n) is 7.07. The van der Waals surface area contributed by atoms with Gasteiger partial charge in [-0.05, 0) is 5.56 Å². The third-order valence-electron chi connectivity index (χ3n) is 3.57. The monoisotopic (exact) mass is 307 g/mol. The summed E-state index contributed by atoms with van der Waals surface area (Å²) in [5, 5.41) is 5.99. The summed E-state index contributed by atoms with van der Waals surface area (Å²) in [4.78, 5) is 25.7. The van der Waals surface area contributed by atoms with Crippen molar-refractivity contribution in [3.8, 4) is 0 Å². The van der Waals surface area contributed by atoms with Crippen molar-refractivity contribution in [2.75, 3.05) is 25.4 Å². The summed E-state index contributed by atoms with van der Waals surface area (Å²) >= 11 is 4.19.